The average molecular weight is 243 g/mol. The molecule has 1 N–H and O–H groups in total. The molecule has 13 heavy (non-hydrogen) atoms. The number of benzene rings is 1. The number of rotatable bonds is 4. The lowest BCUT2D eigenvalue weighted by Crippen LogP contribution is -1.89. The molecule has 0 bridgehead atoms. The van der Waals surface area contributed by atoms with Gasteiger partial charge in [-0.25, -0.2) is 0 Å². The fourth-order valence-corrected chi connectivity index (χ4v) is 1.41. The minimum absolute atomic E-state index is 0.0533. The van der Waals surface area contributed by atoms with Crippen molar-refractivity contribution < 1.29 is 9.90 Å². The van der Waals surface area contributed by atoms with Gasteiger partial charge in [0.1, 0.15) is 5.75 Å². The summed E-state index contributed by atoms with van der Waals surface area (Å²) in [4.78, 5) is 10.5. The largest absolute Gasteiger partial charge is 0.507 e. The molecule has 1 aromatic carbocycles. The van der Waals surface area contributed by atoms with E-state index in [1.54, 1.807) is 12.1 Å². The van der Waals surface area contributed by atoms with Crippen LogP contribution in [0.5, 0.6) is 5.75 Å². The minimum Gasteiger partial charge on any atom is -0.507 e. The molecule has 0 heterocycles. The van der Waals surface area contributed by atoms with Gasteiger partial charge in [-0.3, -0.25) is 4.79 Å². The van der Waals surface area contributed by atoms with E-state index in [9.17, 15) is 9.90 Å². The summed E-state index contributed by atoms with van der Waals surface area (Å²) in [5.74, 6) is 0.0533. The highest BCUT2D eigenvalue weighted by Crippen LogP contribution is 2.17. The minimum atomic E-state index is 0.0533. The number of aldehydes is 1. The quantitative estimate of drug-likeness (QED) is 0.651. The lowest BCUT2D eigenvalue weighted by atomic mass is 10.1. The van der Waals surface area contributed by atoms with Crippen LogP contribution in [0.15, 0.2) is 18.2 Å². The molecule has 0 spiro atoms. The van der Waals surface area contributed by atoms with Crippen molar-refractivity contribution in [2.45, 2.75) is 12.8 Å². The van der Waals surface area contributed by atoms with Gasteiger partial charge in [0.05, 0.1) is 5.56 Å². The molecule has 0 aliphatic rings. The number of hydrogen-bond donors (Lipinski definition) is 1. The molecular formula is C10H11BrO2. The van der Waals surface area contributed by atoms with E-state index in [-0.39, 0.29) is 5.75 Å². The first kappa shape index (κ1) is 10.3. The highest BCUT2D eigenvalue weighted by atomic mass is 79.9. The SMILES string of the molecule is O=Cc1cc(CCCBr)ccc1O. The van der Waals surface area contributed by atoms with Crippen molar-refractivity contribution in [1.82, 2.24) is 0 Å². The molecule has 0 amide bonds. The van der Waals surface area contributed by atoms with Crippen LogP contribution in [0.3, 0.4) is 0 Å². The lowest BCUT2D eigenvalue weighted by Gasteiger charge is -2.01. The summed E-state index contributed by atoms with van der Waals surface area (Å²) in [5.41, 5.74) is 1.45. The van der Waals surface area contributed by atoms with Crippen LogP contribution in [0.2, 0.25) is 0 Å². The van der Waals surface area contributed by atoms with Crippen molar-refractivity contribution in [3.05, 3.63) is 29.3 Å². The zero-order valence-electron chi connectivity index (χ0n) is 7.16. The van der Waals surface area contributed by atoms with Crippen molar-refractivity contribution in [3.63, 3.8) is 0 Å². The Hall–Kier alpha value is -0.830. The molecule has 0 atom stereocenters. The van der Waals surface area contributed by atoms with E-state index < -0.39 is 0 Å². The van der Waals surface area contributed by atoms with Gasteiger partial charge in [0.25, 0.3) is 0 Å². The molecule has 0 saturated carbocycles. The third kappa shape index (κ3) is 2.84. The highest BCUT2D eigenvalue weighted by Gasteiger charge is 2.00. The van der Waals surface area contributed by atoms with Crippen LogP contribution in [0, 0.1) is 0 Å². The Balaban J connectivity index is 2.80. The van der Waals surface area contributed by atoms with Crippen molar-refractivity contribution in [2.24, 2.45) is 0 Å². The van der Waals surface area contributed by atoms with Crippen LogP contribution < -0.4 is 0 Å². The van der Waals surface area contributed by atoms with Crippen molar-refractivity contribution in [1.29, 1.82) is 0 Å². The average Bonchev–Trinajstić information content (AvgIpc) is 2.16. The number of hydrogen-bond acceptors (Lipinski definition) is 2. The lowest BCUT2D eigenvalue weighted by molar-refractivity contribution is 0.112. The topological polar surface area (TPSA) is 37.3 Å². The van der Waals surface area contributed by atoms with Gasteiger partial charge in [0.15, 0.2) is 6.29 Å². The van der Waals surface area contributed by atoms with Crippen LogP contribution in [-0.4, -0.2) is 16.7 Å². The van der Waals surface area contributed by atoms with E-state index in [0.29, 0.717) is 11.8 Å². The molecule has 0 radical (unpaired) electrons. The Labute approximate surface area is 85.7 Å². The van der Waals surface area contributed by atoms with Gasteiger partial charge < -0.3 is 5.11 Å². The van der Waals surface area contributed by atoms with Gasteiger partial charge in [0, 0.05) is 5.33 Å². The van der Waals surface area contributed by atoms with Crippen molar-refractivity contribution >= 4 is 22.2 Å². The van der Waals surface area contributed by atoms with Gasteiger partial charge in [-0.1, -0.05) is 22.0 Å². The molecule has 3 heteroatoms. The Morgan fingerprint density at radius 3 is 2.85 bits per heavy atom. The first-order valence-corrected chi connectivity index (χ1v) is 5.23. The maximum atomic E-state index is 10.5. The predicted octanol–water partition coefficient (Wildman–Crippen LogP) is 2.53. The standard InChI is InChI=1S/C10H11BrO2/c11-5-1-2-8-3-4-10(13)9(6-8)7-12/h3-4,6-7,13H,1-2,5H2. The van der Waals surface area contributed by atoms with Crippen LogP contribution in [0.1, 0.15) is 22.3 Å². The van der Waals surface area contributed by atoms with Crippen molar-refractivity contribution in [2.75, 3.05) is 5.33 Å². The summed E-state index contributed by atoms with van der Waals surface area (Å²) in [6, 6.07) is 5.13. The second kappa shape index (κ2) is 5.02. The third-order valence-electron chi connectivity index (χ3n) is 1.82. The second-order valence-electron chi connectivity index (χ2n) is 2.80. The summed E-state index contributed by atoms with van der Waals surface area (Å²) in [7, 11) is 0. The molecule has 0 aliphatic heterocycles. The zero-order chi connectivity index (χ0) is 9.68. The number of phenolic OH excluding ortho intramolecular Hbond substituents is 1. The predicted molar refractivity (Wildman–Crippen MR) is 55.6 cm³/mol. The number of phenols is 1. The molecule has 0 saturated heterocycles. The number of alkyl halides is 1. The summed E-state index contributed by atoms with van der Waals surface area (Å²) in [5, 5.41) is 10.2. The van der Waals surface area contributed by atoms with E-state index >= 15 is 0 Å². The molecular weight excluding hydrogens is 232 g/mol. The zero-order valence-corrected chi connectivity index (χ0v) is 8.75. The number of carbonyl (C=O) groups excluding carboxylic acids is 1. The smallest absolute Gasteiger partial charge is 0.153 e. The third-order valence-corrected chi connectivity index (χ3v) is 2.38. The molecule has 0 aromatic heterocycles. The van der Waals surface area contributed by atoms with E-state index in [1.165, 1.54) is 0 Å². The molecule has 2 nitrogen and oxygen atoms in total. The molecule has 0 aliphatic carbocycles. The van der Waals surface area contributed by atoms with Crippen LogP contribution in [-0.2, 0) is 6.42 Å². The second-order valence-corrected chi connectivity index (χ2v) is 3.60. The number of halogens is 1. The van der Waals surface area contributed by atoms with Gasteiger partial charge in [-0.05, 0) is 30.5 Å². The number of carbonyl (C=O) groups is 1. The Kier molecular flexibility index (Phi) is 3.96. The molecule has 1 rings (SSSR count). The van der Waals surface area contributed by atoms with E-state index in [0.717, 1.165) is 23.7 Å². The fourth-order valence-electron chi connectivity index (χ4n) is 1.12. The fraction of sp³-hybridized carbons (Fsp3) is 0.300. The molecule has 1 aromatic rings. The maximum absolute atomic E-state index is 10.5. The Morgan fingerprint density at radius 2 is 2.23 bits per heavy atom. The van der Waals surface area contributed by atoms with Gasteiger partial charge in [0.2, 0.25) is 0 Å². The molecule has 0 fully saturated rings. The van der Waals surface area contributed by atoms with Gasteiger partial charge in [-0.15, -0.1) is 0 Å². The molecule has 70 valence electrons. The van der Waals surface area contributed by atoms with Crippen molar-refractivity contribution in [3.8, 4) is 5.75 Å². The van der Waals surface area contributed by atoms with Crippen LogP contribution in [0.25, 0.3) is 0 Å². The maximum Gasteiger partial charge on any atom is 0.153 e. The van der Waals surface area contributed by atoms with E-state index in [4.69, 9.17) is 0 Å². The van der Waals surface area contributed by atoms with Crippen LogP contribution >= 0.6 is 15.9 Å². The summed E-state index contributed by atoms with van der Waals surface area (Å²) in [6.45, 7) is 0. The molecule has 0 unspecified atom stereocenters. The summed E-state index contributed by atoms with van der Waals surface area (Å²) in [6.07, 6.45) is 2.63. The number of aryl methyl sites for hydroxylation is 1. The summed E-state index contributed by atoms with van der Waals surface area (Å²) < 4.78 is 0. The Bertz CT molecular complexity index is 297. The monoisotopic (exact) mass is 242 g/mol. The Morgan fingerprint density at radius 1 is 1.46 bits per heavy atom. The highest BCUT2D eigenvalue weighted by molar-refractivity contribution is 9.09. The van der Waals surface area contributed by atoms with Gasteiger partial charge >= 0.3 is 0 Å². The van der Waals surface area contributed by atoms with Gasteiger partial charge in [-0.2, -0.15) is 0 Å². The first-order chi connectivity index (χ1) is 6.27. The normalized spacial score (nSPS) is 9.92. The summed E-state index contributed by atoms with van der Waals surface area (Å²) >= 11 is 3.34. The van der Waals surface area contributed by atoms with Crippen LogP contribution in [0.4, 0.5) is 0 Å². The van der Waals surface area contributed by atoms with E-state index in [1.807, 2.05) is 6.07 Å². The van der Waals surface area contributed by atoms with E-state index in [2.05, 4.69) is 15.9 Å². The number of aromatic hydroxyl groups is 1. The first-order valence-electron chi connectivity index (χ1n) is 4.11.